The summed E-state index contributed by atoms with van der Waals surface area (Å²) in [6.45, 7) is 1.36. The minimum absolute atomic E-state index is 0.195. The molecule has 0 radical (unpaired) electrons. The molecule has 0 saturated heterocycles. The van der Waals surface area contributed by atoms with Gasteiger partial charge in [0.2, 0.25) is 15.5 Å². The third-order valence-electron chi connectivity index (χ3n) is 2.40. The second kappa shape index (κ2) is 6.55. The van der Waals surface area contributed by atoms with Gasteiger partial charge in [0.05, 0.1) is 11.3 Å². The number of hydrogen-bond donors (Lipinski definition) is 2. The Bertz CT molecular complexity index is 716. The lowest BCUT2D eigenvalue weighted by Crippen LogP contribution is -2.19. The summed E-state index contributed by atoms with van der Waals surface area (Å²) >= 11 is 4.12. The van der Waals surface area contributed by atoms with Gasteiger partial charge in [-0.1, -0.05) is 12.1 Å². The molecule has 108 valence electrons. The molecule has 3 N–H and O–H groups in total. The van der Waals surface area contributed by atoms with Crippen LogP contribution >= 0.6 is 27.3 Å². The molecule has 0 aliphatic carbocycles. The fourth-order valence-electron chi connectivity index (χ4n) is 1.59. The molecule has 0 saturated carbocycles. The number of aromatic amines is 1. The molecule has 0 spiro atoms. The third-order valence-corrected chi connectivity index (χ3v) is 4.12. The van der Waals surface area contributed by atoms with E-state index in [4.69, 9.17) is 0 Å². The number of benzene rings is 1. The van der Waals surface area contributed by atoms with Crippen LogP contribution in [0.4, 0.5) is 15.8 Å². The molecule has 0 unspecified atom stereocenters. The van der Waals surface area contributed by atoms with Crippen molar-refractivity contribution in [2.45, 2.75) is 6.92 Å². The summed E-state index contributed by atoms with van der Waals surface area (Å²) in [7, 11) is 0. The number of anilines is 2. The van der Waals surface area contributed by atoms with Crippen molar-refractivity contribution >= 4 is 54.9 Å². The monoisotopic (exact) mass is 369 g/mol. The van der Waals surface area contributed by atoms with E-state index in [9.17, 15) is 14.5 Å². The summed E-state index contributed by atoms with van der Waals surface area (Å²) in [6, 6.07) is 6.61. The summed E-state index contributed by atoms with van der Waals surface area (Å²) in [6.07, 6.45) is 0. The SMILES string of the molecule is CC(=O)Nc1ccccc1C(=O)Nc1[nH+]c(Br)c(N=O)s1. The lowest BCUT2D eigenvalue weighted by molar-refractivity contribution is -0.367. The average molecular weight is 370 g/mol. The molecule has 9 heteroatoms. The lowest BCUT2D eigenvalue weighted by atomic mass is 10.1. The van der Waals surface area contributed by atoms with Gasteiger partial charge in [-0.15, -0.1) is 4.91 Å². The Morgan fingerprint density at radius 2 is 2.00 bits per heavy atom. The smallest absolute Gasteiger partial charge is 0.326 e. The zero-order valence-electron chi connectivity index (χ0n) is 10.8. The number of nitroso groups, excluding NO2 is 1. The van der Waals surface area contributed by atoms with E-state index in [1.165, 1.54) is 6.92 Å². The van der Waals surface area contributed by atoms with E-state index in [1.807, 2.05) is 0 Å². The zero-order chi connectivity index (χ0) is 15.4. The van der Waals surface area contributed by atoms with E-state index < -0.39 is 5.91 Å². The molecule has 2 rings (SSSR count). The molecule has 0 aliphatic rings. The van der Waals surface area contributed by atoms with Crippen molar-refractivity contribution in [1.29, 1.82) is 0 Å². The van der Waals surface area contributed by atoms with Crippen molar-refractivity contribution in [2.75, 3.05) is 10.6 Å². The van der Waals surface area contributed by atoms with Crippen LogP contribution in [0.15, 0.2) is 34.0 Å². The van der Waals surface area contributed by atoms with Gasteiger partial charge < -0.3 is 5.32 Å². The highest BCUT2D eigenvalue weighted by atomic mass is 79.9. The van der Waals surface area contributed by atoms with E-state index in [1.54, 1.807) is 24.3 Å². The highest BCUT2D eigenvalue weighted by Gasteiger charge is 2.21. The summed E-state index contributed by atoms with van der Waals surface area (Å²) in [5.74, 6) is -0.685. The van der Waals surface area contributed by atoms with Crippen molar-refractivity contribution in [2.24, 2.45) is 5.18 Å². The number of H-pyrrole nitrogens is 1. The van der Waals surface area contributed by atoms with Crippen LogP contribution in [0.25, 0.3) is 0 Å². The van der Waals surface area contributed by atoms with Gasteiger partial charge in [-0.3, -0.25) is 4.79 Å². The van der Waals surface area contributed by atoms with Gasteiger partial charge >= 0.3 is 11.0 Å². The van der Waals surface area contributed by atoms with Crippen molar-refractivity contribution < 1.29 is 14.6 Å². The second-order valence-corrected chi connectivity index (χ2v) is 5.74. The summed E-state index contributed by atoms with van der Waals surface area (Å²) in [5, 5.41) is 8.56. The molecule has 1 heterocycles. The molecule has 0 atom stereocenters. The van der Waals surface area contributed by atoms with Crippen molar-refractivity contribution in [1.82, 2.24) is 0 Å². The molecule has 0 aliphatic heterocycles. The van der Waals surface area contributed by atoms with Crippen LogP contribution in [0.1, 0.15) is 17.3 Å². The second-order valence-electron chi connectivity index (χ2n) is 3.95. The first kappa shape index (κ1) is 15.3. The van der Waals surface area contributed by atoms with Gasteiger partial charge in [-0.25, -0.2) is 9.78 Å². The third kappa shape index (κ3) is 3.70. The number of nitrogens with zero attached hydrogens (tertiary/aromatic N) is 1. The molecule has 2 amide bonds. The number of hydrogen-bond acceptors (Lipinski definition) is 5. The Morgan fingerprint density at radius 1 is 1.29 bits per heavy atom. The standard InChI is InChI=1S/C12H9BrN4O3S/c1-6(18)14-8-5-3-2-4-7(8)10(19)16-12-15-9(13)11(17-20)21-12/h2-5H,1H3,(H,14,18)(H,15,16,19)/p+1. The fourth-order valence-corrected chi connectivity index (χ4v) is 2.90. The molecular weight excluding hydrogens is 360 g/mol. The van der Waals surface area contributed by atoms with Crippen LogP contribution in [0.5, 0.6) is 0 Å². The molecule has 2 aromatic rings. The number of carbonyl (C=O) groups excluding carboxylic acids is 2. The quantitative estimate of drug-likeness (QED) is 0.809. The normalized spacial score (nSPS) is 10.0. The first-order valence-corrected chi connectivity index (χ1v) is 7.35. The van der Waals surface area contributed by atoms with E-state index in [0.717, 1.165) is 11.3 Å². The van der Waals surface area contributed by atoms with Crippen LogP contribution < -0.4 is 15.6 Å². The molecule has 1 aromatic carbocycles. The topological polar surface area (TPSA) is 102 Å². The maximum Gasteiger partial charge on any atom is 0.342 e. The Morgan fingerprint density at radius 3 is 2.62 bits per heavy atom. The predicted molar refractivity (Wildman–Crippen MR) is 82.7 cm³/mol. The maximum atomic E-state index is 12.2. The van der Waals surface area contributed by atoms with Crippen molar-refractivity contribution in [3.8, 4) is 0 Å². The van der Waals surface area contributed by atoms with E-state index in [2.05, 4.69) is 36.7 Å². The van der Waals surface area contributed by atoms with Crippen molar-refractivity contribution in [3.05, 3.63) is 39.3 Å². The molecule has 1 aromatic heterocycles. The van der Waals surface area contributed by atoms with Gasteiger partial charge in [0.1, 0.15) is 0 Å². The van der Waals surface area contributed by atoms with Crippen LogP contribution in [0, 0.1) is 4.91 Å². The van der Waals surface area contributed by atoms with Gasteiger partial charge in [-0.05, 0) is 28.6 Å². The Hall–Kier alpha value is -2.13. The number of thiazole rings is 1. The average Bonchev–Trinajstić information content (AvgIpc) is 2.78. The number of nitrogens with one attached hydrogen (secondary N) is 3. The molecule has 0 bridgehead atoms. The number of para-hydroxylation sites is 1. The Balaban J connectivity index is 2.23. The number of halogens is 1. The van der Waals surface area contributed by atoms with E-state index >= 15 is 0 Å². The largest absolute Gasteiger partial charge is 0.342 e. The number of aromatic nitrogens is 1. The number of carbonyl (C=O) groups is 2. The fraction of sp³-hybridized carbons (Fsp3) is 0.0833. The molecular formula is C12H10BrN4O3S+. The number of rotatable bonds is 4. The summed E-state index contributed by atoms with van der Waals surface area (Å²) in [5.41, 5.74) is 0.720. The van der Waals surface area contributed by atoms with Crippen LogP contribution in [-0.2, 0) is 4.79 Å². The highest BCUT2D eigenvalue weighted by molar-refractivity contribution is 9.10. The zero-order valence-corrected chi connectivity index (χ0v) is 13.2. The minimum Gasteiger partial charge on any atom is -0.326 e. The van der Waals surface area contributed by atoms with Crippen molar-refractivity contribution in [3.63, 3.8) is 0 Å². The Kier molecular flexibility index (Phi) is 4.76. The Labute approximate surface area is 131 Å². The molecule has 7 nitrogen and oxygen atoms in total. The van der Waals surface area contributed by atoms with Crippen LogP contribution in [0.2, 0.25) is 0 Å². The summed E-state index contributed by atoms with van der Waals surface area (Å²) in [4.78, 5) is 36.7. The maximum absolute atomic E-state index is 12.2. The lowest BCUT2D eigenvalue weighted by Gasteiger charge is -2.06. The van der Waals surface area contributed by atoms with Gasteiger partial charge in [-0.2, -0.15) is 5.32 Å². The minimum atomic E-state index is -0.415. The van der Waals surface area contributed by atoms with Gasteiger partial charge in [0.25, 0.3) is 0 Å². The number of amides is 2. The molecule has 0 fully saturated rings. The van der Waals surface area contributed by atoms with Gasteiger partial charge in [0.15, 0.2) is 0 Å². The van der Waals surface area contributed by atoms with Gasteiger partial charge in [0, 0.05) is 22.9 Å². The van der Waals surface area contributed by atoms with Crippen LogP contribution in [-0.4, -0.2) is 11.8 Å². The predicted octanol–water partition coefficient (Wildman–Crippen LogP) is 2.93. The molecule has 21 heavy (non-hydrogen) atoms. The van der Waals surface area contributed by atoms with E-state index in [-0.39, 0.29) is 10.9 Å². The first-order chi connectivity index (χ1) is 10.0. The summed E-state index contributed by atoms with van der Waals surface area (Å²) < 4.78 is 0.396. The van der Waals surface area contributed by atoms with E-state index in [0.29, 0.717) is 21.0 Å². The van der Waals surface area contributed by atoms with Crippen LogP contribution in [0.3, 0.4) is 0 Å². The first-order valence-electron chi connectivity index (χ1n) is 5.74. The highest BCUT2D eigenvalue weighted by Crippen LogP contribution is 2.31.